The Hall–Kier alpha value is -1.31. The van der Waals surface area contributed by atoms with E-state index in [2.05, 4.69) is 56.9 Å². The maximum absolute atomic E-state index is 11.9. The first-order valence-electron chi connectivity index (χ1n) is 6.79. The molecule has 0 spiro atoms. The molecular weight excluding hydrogens is 222 g/mol. The number of ketones is 1. The van der Waals surface area contributed by atoms with Gasteiger partial charge in [0.1, 0.15) is 5.78 Å². The van der Waals surface area contributed by atoms with Gasteiger partial charge in [-0.15, -0.1) is 0 Å². The van der Waals surface area contributed by atoms with Gasteiger partial charge in [-0.3, -0.25) is 4.79 Å². The van der Waals surface area contributed by atoms with Crippen molar-refractivity contribution in [2.45, 2.75) is 40.0 Å². The molecule has 18 heavy (non-hydrogen) atoms. The Morgan fingerprint density at radius 3 is 2.50 bits per heavy atom. The summed E-state index contributed by atoms with van der Waals surface area (Å²) in [4.78, 5) is 14.3. The van der Waals surface area contributed by atoms with Gasteiger partial charge in [0, 0.05) is 30.6 Å². The van der Waals surface area contributed by atoms with E-state index in [0.29, 0.717) is 18.1 Å². The molecule has 1 fully saturated rings. The highest BCUT2D eigenvalue weighted by molar-refractivity contribution is 5.86. The molecule has 1 heterocycles. The molecule has 0 bridgehead atoms. The van der Waals surface area contributed by atoms with E-state index in [9.17, 15) is 4.79 Å². The zero-order valence-electron chi connectivity index (χ0n) is 11.9. The van der Waals surface area contributed by atoms with Gasteiger partial charge in [-0.1, -0.05) is 45.9 Å². The summed E-state index contributed by atoms with van der Waals surface area (Å²) >= 11 is 0. The van der Waals surface area contributed by atoms with Crippen LogP contribution in [0.5, 0.6) is 0 Å². The monoisotopic (exact) mass is 245 g/mol. The minimum Gasteiger partial charge on any atom is -0.370 e. The van der Waals surface area contributed by atoms with Crippen LogP contribution in [0.15, 0.2) is 24.3 Å². The Kier molecular flexibility index (Phi) is 3.47. The van der Waals surface area contributed by atoms with Crippen LogP contribution in [0.1, 0.15) is 45.6 Å². The summed E-state index contributed by atoms with van der Waals surface area (Å²) in [5.41, 5.74) is 2.46. The zero-order valence-corrected chi connectivity index (χ0v) is 11.9. The summed E-state index contributed by atoms with van der Waals surface area (Å²) in [6.45, 7) is 10.2. The average molecular weight is 245 g/mol. The Morgan fingerprint density at radius 2 is 1.89 bits per heavy atom. The van der Waals surface area contributed by atoms with Gasteiger partial charge in [-0.2, -0.15) is 0 Å². The van der Waals surface area contributed by atoms with E-state index in [4.69, 9.17) is 0 Å². The fourth-order valence-electron chi connectivity index (χ4n) is 2.69. The maximum atomic E-state index is 11.9. The number of hydrogen-bond donors (Lipinski definition) is 0. The largest absolute Gasteiger partial charge is 0.370 e. The van der Waals surface area contributed by atoms with E-state index in [1.807, 2.05) is 0 Å². The Morgan fingerprint density at radius 1 is 1.22 bits per heavy atom. The van der Waals surface area contributed by atoms with Crippen LogP contribution in [0.25, 0.3) is 0 Å². The minimum absolute atomic E-state index is 0.220. The highest BCUT2D eigenvalue weighted by Crippen LogP contribution is 2.33. The van der Waals surface area contributed by atoms with Crippen molar-refractivity contribution in [2.75, 3.05) is 18.0 Å². The van der Waals surface area contributed by atoms with E-state index in [1.54, 1.807) is 0 Å². The number of hydrogen-bond acceptors (Lipinski definition) is 2. The van der Waals surface area contributed by atoms with Gasteiger partial charge in [0.25, 0.3) is 0 Å². The van der Waals surface area contributed by atoms with Gasteiger partial charge in [-0.25, -0.2) is 0 Å². The predicted octanol–water partition coefficient (Wildman–Crippen LogP) is 3.62. The molecule has 2 heteroatoms. The second-order valence-corrected chi connectivity index (χ2v) is 6.19. The van der Waals surface area contributed by atoms with Crippen molar-refractivity contribution in [3.05, 3.63) is 29.8 Å². The Labute approximate surface area is 110 Å². The summed E-state index contributed by atoms with van der Waals surface area (Å²) in [6.07, 6.45) is 0.666. The second kappa shape index (κ2) is 4.75. The number of piperidine rings is 1. The van der Waals surface area contributed by atoms with Crippen molar-refractivity contribution in [1.29, 1.82) is 0 Å². The molecule has 1 aromatic rings. The molecule has 0 radical (unpaired) electrons. The van der Waals surface area contributed by atoms with E-state index in [-0.39, 0.29) is 5.41 Å². The molecule has 0 amide bonds. The zero-order chi connectivity index (χ0) is 13.3. The van der Waals surface area contributed by atoms with Crippen LogP contribution in [0.3, 0.4) is 0 Å². The number of para-hydroxylation sites is 1. The van der Waals surface area contributed by atoms with Gasteiger partial charge in [0.05, 0.1) is 0 Å². The van der Waals surface area contributed by atoms with E-state index < -0.39 is 0 Å². The number of carbonyl (C=O) groups is 1. The number of nitrogens with zero attached hydrogens (tertiary/aromatic N) is 1. The van der Waals surface area contributed by atoms with Crippen molar-refractivity contribution in [3.63, 3.8) is 0 Å². The normalized spacial score (nSPS) is 19.4. The van der Waals surface area contributed by atoms with Crippen LogP contribution in [-0.2, 0) is 4.79 Å². The molecule has 0 saturated carbocycles. The fourth-order valence-corrected chi connectivity index (χ4v) is 2.69. The van der Waals surface area contributed by atoms with Gasteiger partial charge >= 0.3 is 0 Å². The fraction of sp³-hybridized carbons (Fsp3) is 0.562. The van der Waals surface area contributed by atoms with Crippen molar-refractivity contribution in [1.82, 2.24) is 0 Å². The molecule has 0 atom stereocenters. The van der Waals surface area contributed by atoms with Crippen molar-refractivity contribution in [2.24, 2.45) is 5.41 Å². The molecule has 0 aromatic heterocycles. The lowest BCUT2D eigenvalue weighted by Gasteiger charge is -2.39. The van der Waals surface area contributed by atoms with Crippen LogP contribution in [0.4, 0.5) is 5.69 Å². The summed E-state index contributed by atoms with van der Waals surface area (Å²) in [7, 11) is 0. The molecule has 1 aromatic carbocycles. The molecule has 0 N–H and O–H groups in total. The molecule has 2 rings (SSSR count). The Bertz CT molecular complexity index is 448. The first-order valence-corrected chi connectivity index (χ1v) is 6.79. The van der Waals surface area contributed by atoms with Crippen LogP contribution in [0.2, 0.25) is 0 Å². The third-order valence-corrected chi connectivity index (χ3v) is 3.85. The molecule has 0 aliphatic carbocycles. The minimum atomic E-state index is -0.220. The first-order chi connectivity index (χ1) is 8.42. The average Bonchev–Trinajstić information content (AvgIpc) is 2.32. The van der Waals surface area contributed by atoms with Crippen molar-refractivity contribution >= 4 is 11.5 Å². The van der Waals surface area contributed by atoms with Crippen molar-refractivity contribution < 1.29 is 4.79 Å². The smallest absolute Gasteiger partial charge is 0.142 e. The maximum Gasteiger partial charge on any atom is 0.142 e. The molecule has 1 saturated heterocycles. The topological polar surface area (TPSA) is 20.3 Å². The summed E-state index contributed by atoms with van der Waals surface area (Å²) < 4.78 is 0. The lowest BCUT2D eigenvalue weighted by atomic mass is 9.82. The predicted molar refractivity (Wildman–Crippen MR) is 76.1 cm³/mol. The molecule has 98 valence electrons. The lowest BCUT2D eigenvalue weighted by molar-refractivity contribution is -0.127. The third-order valence-electron chi connectivity index (χ3n) is 3.85. The standard InChI is InChI=1S/C16H23NO/c1-12(2)13-7-5-6-8-14(13)17-10-9-15(18)16(3,4)11-17/h5-8,12H,9-11H2,1-4H3. The Balaban J connectivity index is 2.30. The highest BCUT2D eigenvalue weighted by atomic mass is 16.1. The van der Waals surface area contributed by atoms with Crippen LogP contribution in [-0.4, -0.2) is 18.9 Å². The van der Waals surface area contributed by atoms with Gasteiger partial charge in [0.2, 0.25) is 0 Å². The van der Waals surface area contributed by atoms with Gasteiger partial charge < -0.3 is 4.90 Å². The third kappa shape index (κ3) is 2.43. The first kappa shape index (κ1) is 13.1. The molecular formula is C16H23NO. The van der Waals surface area contributed by atoms with Crippen molar-refractivity contribution in [3.8, 4) is 0 Å². The SMILES string of the molecule is CC(C)c1ccccc1N1CCC(=O)C(C)(C)C1. The molecule has 1 aliphatic rings. The highest BCUT2D eigenvalue weighted by Gasteiger charge is 2.34. The van der Waals surface area contributed by atoms with E-state index >= 15 is 0 Å². The quantitative estimate of drug-likeness (QED) is 0.793. The number of Topliss-reactive ketones (excluding diaryl/α,β-unsaturated/α-hetero) is 1. The number of anilines is 1. The number of carbonyl (C=O) groups excluding carboxylic acids is 1. The van der Waals surface area contributed by atoms with Crippen LogP contribution in [0, 0.1) is 5.41 Å². The summed E-state index contributed by atoms with van der Waals surface area (Å²) in [6, 6.07) is 8.56. The van der Waals surface area contributed by atoms with Crippen LogP contribution < -0.4 is 4.90 Å². The van der Waals surface area contributed by atoms with Gasteiger partial charge in [-0.05, 0) is 17.5 Å². The van der Waals surface area contributed by atoms with Gasteiger partial charge in [0.15, 0.2) is 0 Å². The number of rotatable bonds is 2. The van der Waals surface area contributed by atoms with E-state index in [1.165, 1.54) is 11.3 Å². The summed E-state index contributed by atoms with van der Waals surface area (Å²) in [5, 5.41) is 0. The second-order valence-electron chi connectivity index (χ2n) is 6.19. The van der Waals surface area contributed by atoms with E-state index in [0.717, 1.165) is 13.1 Å². The summed E-state index contributed by atoms with van der Waals surface area (Å²) in [5.74, 6) is 0.905. The van der Waals surface area contributed by atoms with Crippen LogP contribution >= 0.6 is 0 Å². The number of benzene rings is 1. The molecule has 0 unspecified atom stereocenters. The lowest BCUT2D eigenvalue weighted by Crippen LogP contribution is -2.46. The molecule has 1 aliphatic heterocycles. The molecule has 2 nitrogen and oxygen atoms in total.